The predicted molar refractivity (Wildman–Crippen MR) is 58.9 cm³/mol. The fourth-order valence-corrected chi connectivity index (χ4v) is 1.96. The Bertz CT molecular complexity index is 366. The van der Waals surface area contributed by atoms with Gasteiger partial charge in [-0.3, -0.25) is 0 Å². The predicted octanol–water partition coefficient (Wildman–Crippen LogP) is 2.40. The van der Waals surface area contributed by atoms with E-state index >= 15 is 0 Å². The van der Waals surface area contributed by atoms with Crippen LogP contribution in [0.15, 0.2) is 0 Å². The topological polar surface area (TPSA) is 35.0 Å². The van der Waals surface area contributed by atoms with Gasteiger partial charge in [0.25, 0.3) is 0 Å². The van der Waals surface area contributed by atoms with Crippen molar-refractivity contribution in [2.24, 2.45) is 5.92 Å². The molecule has 1 aromatic heterocycles. The van der Waals surface area contributed by atoms with Crippen molar-refractivity contribution < 1.29 is 4.74 Å². The molecule has 0 bridgehead atoms. The molecule has 4 heteroatoms. The fourth-order valence-electron chi connectivity index (χ4n) is 1.70. The van der Waals surface area contributed by atoms with E-state index in [-0.39, 0.29) is 0 Å². The Hall–Kier alpha value is -0.670. The van der Waals surface area contributed by atoms with Crippen LogP contribution in [-0.4, -0.2) is 16.6 Å². The van der Waals surface area contributed by atoms with Gasteiger partial charge in [0.2, 0.25) is 0 Å². The first-order chi connectivity index (χ1) is 7.16. The molecule has 0 saturated carbocycles. The molecule has 82 valence electrons. The highest BCUT2D eigenvalue weighted by molar-refractivity contribution is 6.30. The van der Waals surface area contributed by atoms with Crippen molar-refractivity contribution in [2.45, 2.75) is 33.3 Å². The van der Waals surface area contributed by atoms with E-state index in [1.54, 1.807) is 0 Å². The lowest BCUT2D eigenvalue weighted by Gasteiger charge is -2.17. The van der Waals surface area contributed by atoms with Gasteiger partial charge in [-0.15, -0.1) is 0 Å². The molecule has 2 heterocycles. The molecule has 0 atom stereocenters. The van der Waals surface area contributed by atoms with Crippen molar-refractivity contribution in [3.05, 3.63) is 22.2 Å². The number of ether oxygens (including phenoxy) is 1. The van der Waals surface area contributed by atoms with Gasteiger partial charge in [-0.05, 0) is 5.92 Å². The number of rotatable bonds is 2. The standard InChI is InChI=1S/C11H15ClN2O/c1-7(2)5-10-13-9-3-4-15-6-8(9)11(12)14-10/h7H,3-6H2,1-2H3. The molecule has 1 aromatic rings. The lowest BCUT2D eigenvalue weighted by atomic mass is 10.1. The maximum atomic E-state index is 6.10. The normalized spacial score (nSPS) is 15.5. The third-order valence-corrected chi connectivity index (χ3v) is 2.72. The highest BCUT2D eigenvalue weighted by atomic mass is 35.5. The Kier molecular flexibility index (Phi) is 3.22. The van der Waals surface area contributed by atoms with E-state index in [1.165, 1.54) is 0 Å². The van der Waals surface area contributed by atoms with Crippen molar-refractivity contribution in [3.8, 4) is 0 Å². The summed E-state index contributed by atoms with van der Waals surface area (Å²) >= 11 is 6.10. The van der Waals surface area contributed by atoms with Crippen LogP contribution in [0.3, 0.4) is 0 Å². The van der Waals surface area contributed by atoms with Crippen LogP contribution in [0, 0.1) is 5.92 Å². The van der Waals surface area contributed by atoms with Gasteiger partial charge in [0, 0.05) is 18.4 Å². The highest BCUT2D eigenvalue weighted by Gasteiger charge is 2.17. The molecule has 0 fully saturated rings. The maximum absolute atomic E-state index is 6.10. The molecule has 2 rings (SSSR count). The zero-order valence-corrected chi connectivity index (χ0v) is 9.84. The van der Waals surface area contributed by atoms with Crippen LogP contribution < -0.4 is 0 Å². The van der Waals surface area contributed by atoms with Crippen LogP contribution in [0.2, 0.25) is 5.15 Å². The average molecular weight is 227 g/mol. The third kappa shape index (κ3) is 2.47. The second-order valence-electron chi connectivity index (χ2n) is 4.26. The Labute approximate surface area is 94.8 Å². The van der Waals surface area contributed by atoms with E-state index in [0.717, 1.165) is 36.5 Å². The molecule has 0 aliphatic carbocycles. The summed E-state index contributed by atoms with van der Waals surface area (Å²) in [5.74, 6) is 1.41. The fraction of sp³-hybridized carbons (Fsp3) is 0.636. The first kappa shape index (κ1) is 10.8. The number of halogens is 1. The Morgan fingerprint density at radius 3 is 2.93 bits per heavy atom. The van der Waals surface area contributed by atoms with Crippen LogP contribution in [0.25, 0.3) is 0 Å². The molecule has 0 aromatic carbocycles. The first-order valence-electron chi connectivity index (χ1n) is 5.28. The van der Waals surface area contributed by atoms with Crippen LogP contribution in [0.1, 0.15) is 30.9 Å². The molecule has 0 amide bonds. The minimum absolute atomic E-state index is 0.552. The van der Waals surface area contributed by atoms with Crippen molar-refractivity contribution in [1.82, 2.24) is 9.97 Å². The van der Waals surface area contributed by atoms with Crippen LogP contribution in [0.4, 0.5) is 0 Å². The summed E-state index contributed by atoms with van der Waals surface area (Å²) in [5, 5.41) is 0.565. The van der Waals surface area contributed by atoms with Gasteiger partial charge in [-0.2, -0.15) is 0 Å². The summed E-state index contributed by atoms with van der Waals surface area (Å²) in [6.07, 6.45) is 1.73. The Morgan fingerprint density at radius 1 is 1.40 bits per heavy atom. The average Bonchev–Trinajstić information content (AvgIpc) is 2.16. The third-order valence-electron chi connectivity index (χ3n) is 2.41. The molecule has 1 aliphatic rings. The lowest BCUT2D eigenvalue weighted by molar-refractivity contribution is 0.108. The summed E-state index contributed by atoms with van der Waals surface area (Å²) < 4.78 is 5.33. The quantitative estimate of drug-likeness (QED) is 0.727. The molecular formula is C11H15ClN2O. The van der Waals surface area contributed by atoms with Crippen LogP contribution in [0.5, 0.6) is 0 Å². The molecule has 0 saturated heterocycles. The number of nitrogens with zero attached hydrogens (tertiary/aromatic N) is 2. The number of hydrogen-bond acceptors (Lipinski definition) is 3. The van der Waals surface area contributed by atoms with Gasteiger partial charge >= 0.3 is 0 Å². The summed E-state index contributed by atoms with van der Waals surface area (Å²) in [5.41, 5.74) is 2.03. The van der Waals surface area contributed by atoms with E-state index in [4.69, 9.17) is 16.3 Å². The number of hydrogen-bond donors (Lipinski definition) is 0. The molecule has 0 radical (unpaired) electrons. The van der Waals surface area contributed by atoms with Crippen LogP contribution >= 0.6 is 11.6 Å². The van der Waals surface area contributed by atoms with Gasteiger partial charge in [0.1, 0.15) is 11.0 Å². The van der Waals surface area contributed by atoms with Crippen molar-refractivity contribution in [3.63, 3.8) is 0 Å². The zero-order chi connectivity index (χ0) is 10.8. The van der Waals surface area contributed by atoms with Crippen molar-refractivity contribution in [1.29, 1.82) is 0 Å². The first-order valence-corrected chi connectivity index (χ1v) is 5.66. The van der Waals surface area contributed by atoms with E-state index in [2.05, 4.69) is 23.8 Å². The summed E-state index contributed by atoms with van der Waals surface area (Å²) in [7, 11) is 0. The molecule has 1 aliphatic heterocycles. The van der Waals surface area contributed by atoms with E-state index in [9.17, 15) is 0 Å². The van der Waals surface area contributed by atoms with E-state index in [0.29, 0.717) is 17.7 Å². The molecule has 0 spiro atoms. The Balaban J connectivity index is 2.32. The Morgan fingerprint density at radius 2 is 2.20 bits per heavy atom. The van der Waals surface area contributed by atoms with E-state index < -0.39 is 0 Å². The molecular weight excluding hydrogens is 212 g/mol. The monoisotopic (exact) mass is 226 g/mol. The zero-order valence-electron chi connectivity index (χ0n) is 9.09. The molecule has 0 N–H and O–H groups in total. The van der Waals surface area contributed by atoms with Crippen molar-refractivity contribution >= 4 is 11.6 Å². The second-order valence-corrected chi connectivity index (χ2v) is 4.61. The molecule has 3 nitrogen and oxygen atoms in total. The number of fused-ring (bicyclic) bond motifs is 1. The SMILES string of the molecule is CC(C)Cc1nc(Cl)c2c(n1)CCOC2. The lowest BCUT2D eigenvalue weighted by Crippen LogP contribution is -2.15. The summed E-state index contributed by atoms with van der Waals surface area (Å²) in [4.78, 5) is 8.84. The van der Waals surface area contributed by atoms with Gasteiger partial charge in [0.05, 0.1) is 18.9 Å². The summed E-state index contributed by atoms with van der Waals surface area (Å²) in [6.45, 7) is 5.59. The number of aromatic nitrogens is 2. The summed E-state index contributed by atoms with van der Waals surface area (Å²) in [6, 6.07) is 0. The molecule has 0 unspecified atom stereocenters. The van der Waals surface area contributed by atoms with Crippen molar-refractivity contribution in [2.75, 3.05) is 6.61 Å². The highest BCUT2D eigenvalue weighted by Crippen LogP contribution is 2.22. The van der Waals surface area contributed by atoms with Gasteiger partial charge in [0.15, 0.2) is 0 Å². The van der Waals surface area contributed by atoms with E-state index in [1.807, 2.05) is 0 Å². The second kappa shape index (κ2) is 4.45. The van der Waals surface area contributed by atoms with Crippen LogP contribution in [-0.2, 0) is 24.2 Å². The minimum atomic E-state index is 0.552. The minimum Gasteiger partial charge on any atom is -0.376 e. The van der Waals surface area contributed by atoms with Gasteiger partial charge in [-0.25, -0.2) is 9.97 Å². The largest absolute Gasteiger partial charge is 0.376 e. The smallest absolute Gasteiger partial charge is 0.138 e. The van der Waals surface area contributed by atoms with Gasteiger partial charge < -0.3 is 4.74 Å². The van der Waals surface area contributed by atoms with Gasteiger partial charge in [-0.1, -0.05) is 25.4 Å². The maximum Gasteiger partial charge on any atom is 0.138 e. The molecule has 15 heavy (non-hydrogen) atoms.